The number of aromatic nitrogens is 3. The van der Waals surface area contributed by atoms with E-state index in [-0.39, 0.29) is 42.8 Å². The lowest BCUT2D eigenvalue weighted by Crippen LogP contribution is -2.52. The normalized spacial score (nSPS) is 16.0. The van der Waals surface area contributed by atoms with Gasteiger partial charge in [0.2, 0.25) is 11.8 Å². The number of imide groups is 1. The van der Waals surface area contributed by atoms with Gasteiger partial charge in [0, 0.05) is 60.6 Å². The lowest BCUT2D eigenvalue weighted by molar-refractivity contribution is -0.137. The molecule has 10 nitrogen and oxygen atoms in total. The van der Waals surface area contributed by atoms with Crippen molar-refractivity contribution in [1.29, 1.82) is 0 Å². The molecule has 5 aromatic rings. The van der Waals surface area contributed by atoms with Crippen LogP contribution in [0, 0.1) is 5.82 Å². The summed E-state index contributed by atoms with van der Waals surface area (Å²) in [6.45, 7) is 0.607. The summed E-state index contributed by atoms with van der Waals surface area (Å²) in [7, 11) is 0. The number of hydrogen-bond acceptors (Lipinski definition) is 9. The van der Waals surface area contributed by atoms with Gasteiger partial charge in [-0.2, -0.15) is 0 Å². The molecule has 47 heavy (non-hydrogen) atoms. The van der Waals surface area contributed by atoms with Gasteiger partial charge in [0.25, 0.3) is 5.91 Å². The van der Waals surface area contributed by atoms with Crippen LogP contribution in [0.25, 0.3) is 32.0 Å². The van der Waals surface area contributed by atoms with Crippen LogP contribution in [0.1, 0.15) is 47.3 Å². The zero-order valence-electron chi connectivity index (χ0n) is 25.1. The highest BCUT2D eigenvalue weighted by Gasteiger charge is 2.39. The smallest absolute Gasteiger partial charge is 0.255 e. The average molecular weight is 650 g/mol. The summed E-state index contributed by atoms with van der Waals surface area (Å²) in [6.07, 6.45) is 5.06. The molecule has 1 atom stereocenters. The molecule has 0 saturated carbocycles. The van der Waals surface area contributed by atoms with E-state index in [9.17, 15) is 23.6 Å². The first-order valence-corrected chi connectivity index (χ1v) is 16.0. The molecule has 1 unspecified atom stereocenters. The Kier molecular flexibility index (Phi) is 8.25. The fourth-order valence-corrected chi connectivity index (χ4v) is 6.76. The number of ether oxygens (including phenoxy) is 1. The number of hydrogen-bond donors (Lipinski definition) is 1. The van der Waals surface area contributed by atoms with Crippen LogP contribution in [-0.2, 0) is 27.3 Å². The predicted molar refractivity (Wildman–Crippen MR) is 172 cm³/mol. The Hall–Kier alpha value is -5.36. The number of pyridine rings is 2. The molecule has 0 spiro atoms. The van der Waals surface area contributed by atoms with Gasteiger partial charge in [-0.3, -0.25) is 34.5 Å². The van der Waals surface area contributed by atoms with E-state index in [2.05, 4.69) is 20.3 Å². The van der Waals surface area contributed by atoms with Crippen molar-refractivity contribution >= 4 is 45.1 Å². The topological polar surface area (TPSA) is 131 Å². The number of rotatable bonds is 10. The van der Waals surface area contributed by atoms with Crippen LogP contribution in [0.15, 0.2) is 73.1 Å². The monoisotopic (exact) mass is 649 g/mol. The third kappa shape index (κ3) is 6.50. The second kappa shape index (κ2) is 12.8. The number of benzene rings is 2. The van der Waals surface area contributed by atoms with Crippen LogP contribution < -0.4 is 10.1 Å². The first-order valence-electron chi connectivity index (χ1n) is 15.2. The summed E-state index contributed by atoms with van der Waals surface area (Å²) in [5, 5.41) is 3.02. The number of carbonyl (C=O) groups excluding carboxylic acids is 4. The Balaban J connectivity index is 0.876. The van der Waals surface area contributed by atoms with Gasteiger partial charge in [-0.15, -0.1) is 11.3 Å². The Morgan fingerprint density at radius 3 is 2.60 bits per heavy atom. The van der Waals surface area contributed by atoms with E-state index >= 15 is 0 Å². The van der Waals surface area contributed by atoms with Crippen molar-refractivity contribution in [1.82, 2.24) is 25.2 Å². The highest BCUT2D eigenvalue weighted by atomic mass is 32.1. The van der Waals surface area contributed by atoms with Crippen LogP contribution in [0.2, 0.25) is 0 Å². The third-order valence-electron chi connectivity index (χ3n) is 8.23. The van der Waals surface area contributed by atoms with E-state index in [0.717, 1.165) is 31.9 Å². The van der Waals surface area contributed by atoms with E-state index in [1.165, 1.54) is 28.4 Å². The van der Waals surface area contributed by atoms with Crippen LogP contribution in [-0.4, -0.2) is 56.0 Å². The third-order valence-corrected chi connectivity index (χ3v) is 9.27. The Labute approximate surface area is 272 Å². The molecule has 236 valence electrons. The molecule has 0 radical (unpaired) electrons. The van der Waals surface area contributed by atoms with E-state index < -0.39 is 11.9 Å². The molecule has 2 aliphatic rings. The van der Waals surface area contributed by atoms with Gasteiger partial charge in [-0.05, 0) is 66.9 Å². The van der Waals surface area contributed by atoms with Crippen molar-refractivity contribution in [3.8, 4) is 27.6 Å². The number of thiazole rings is 1. The van der Waals surface area contributed by atoms with Crippen molar-refractivity contribution in [3.05, 3.63) is 95.7 Å². The minimum absolute atomic E-state index is 0.0509. The predicted octanol–water partition coefficient (Wildman–Crippen LogP) is 5.29. The van der Waals surface area contributed by atoms with Gasteiger partial charge >= 0.3 is 0 Å². The first-order chi connectivity index (χ1) is 22.8. The number of ketones is 1. The van der Waals surface area contributed by atoms with E-state index in [4.69, 9.17) is 4.74 Å². The molecule has 1 saturated heterocycles. The lowest BCUT2D eigenvalue weighted by Gasteiger charge is -2.29. The van der Waals surface area contributed by atoms with Crippen molar-refractivity contribution in [2.45, 2.75) is 44.7 Å². The second-order valence-electron chi connectivity index (χ2n) is 11.5. The van der Waals surface area contributed by atoms with E-state index in [1.807, 2.05) is 24.3 Å². The largest absolute Gasteiger partial charge is 0.494 e. The summed E-state index contributed by atoms with van der Waals surface area (Å²) in [5.74, 6) is -0.654. The number of carbonyl (C=O) groups is 4. The van der Waals surface area contributed by atoms with Crippen LogP contribution in [0.3, 0.4) is 0 Å². The fraction of sp³-hybridized carbons (Fsp3) is 0.229. The Bertz CT molecular complexity index is 2030. The summed E-state index contributed by atoms with van der Waals surface area (Å²) in [4.78, 5) is 64.3. The van der Waals surface area contributed by atoms with E-state index in [1.54, 1.807) is 36.7 Å². The van der Waals surface area contributed by atoms with Crippen molar-refractivity contribution in [2.75, 3.05) is 6.61 Å². The zero-order chi connectivity index (χ0) is 32.5. The second-order valence-corrected chi connectivity index (χ2v) is 12.5. The molecular weight excluding hydrogens is 621 g/mol. The fourth-order valence-electron chi connectivity index (χ4n) is 5.79. The van der Waals surface area contributed by atoms with Crippen LogP contribution in [0.4, 0.5) is 4.39 Å². The quantitative estimate of drug-likeness (QED) is 0.160. The van der Waals surface area contributed by atoms with Gasteiger partial charge in [0.05, 0.1) is 22.5 Å². The summed E-state index contributed by atoms with van der Waals surface area (Å²) >= 11 is 1.39. The minimum Gasteiger partial charge on any atom is -0.494 e. The molecular formula is C35H28FN5O5S. The highest BCUT2D eigenvalue weighted by Crippen LogP contribution is 2.32. The zero-order valence-corrected chi connectivity index (χ0v) is 25.9. The highest BCUT2D eigenvalue weighted by molar-refractivity contribution is 7.21. The summed E-state index contributed by atoms with van der Waals surface area (Å²) < 4.78 is 20.2. The number of Topliss-reactive ketones (excluding diaryl/α,β-unsaturated/α-hetero) is 1. The molecule has 12 heteroatoms. The molecule has 2 aliphatic heterocycles. The number of amides is 3. The van der Waals surface area contributed by atoms with Gasteiger partial charge in [0.15, 0.2) is 0 Å². The Morgan fingerprint density at radius 1 is 1.00 bits per heavy atom. The standard InChI is InChI=1S/C35H28FN5O5S/c36-23-5-10-28-31(15-23)47-34(39-28)29-9-4-21(18-38-29)20-3-6-24(37-17-20)16-25(42)2-1-13-46-26-7-8-27-22(14-26)19-41(35(27)45)30-11-12-32(43)40-33(30)44/h3-10,14-15,17-18,30H,1-2,11-13,16,19H2,(H,40,43,44). The molecule has 5 heterocycles. The Morgan fingerprint density at radius 2 is 1.83 bits per heavy atom. The maximum atomic E-state index is 13.5. The number of piperidine rings is 1. The molecule has 7 rings (SSSR count). The minimum atomic E-state index is -0.664. The molecule has 2 aromatic carbocycles. The molecule has 1 N–H and O–H groups in total. The maximum absolute atomic E-state index is 13.5. The number of halogens is 1. The van der Waals surface area contributed by atoms with Gasteiger partial charge in [-0.1, -0.05) is 12.1 Å². The number of nitrogens with zero attached hydrogens (tertiary/aromatic N) is 4. The first kappa shape index (κ1) is 30.3. The number of nitrogens with one attached hydrogen (secondary N) is 1. The van der Waals surface area contributed by atoms with Crippen LogP contribution >= 0.6 is 11.3 Å². The SMILES string of the molecule is O=C(CCCOc1ccc2c(c1)CN(C1CCC(=O)NC1=O)C2=O)Cc1ccc(-c2ccc(-c3nc4ccc(F)cc4s3)nc2)cn1. The van der Waals surface area contributed by atoms with Gasteiger partial charge < -0.3 is 9.64 Å². The molecule has 3 aromatic heterocycles. The van der Waals surface area contributed by atoms with Gasteiger partial charge in [-0.25, -0.2) is 9.37 Å². The maximum Gasteiger partial charge on any atom is 0.255 e. The van der Waals surface area contributed by atoms with Crippen molar-refractivity contribution in [3.63, 3.8) is 0 Å². The lowest BCUT2D eigenvalue weighted by atomic mass is 10.0. The average Bonchev–Trinajstić information content (AvgIpc) is 3.64. The molecule has 0 aliphatic carbocycles. The summed E-state index contributed by atoms with van der Waals surface area (Å²) in [5.41, 5.74) is 5.15. The van der Waals surface area contributed by atoms with E-state index in [0.29, 0.717) is 48.6 Å². The summed E-state index contributed by atoms with van der Waals surface area (Å²) in [6, 6.07) is 16.6. The number of fused-ring (bicyclic) bond motifs is 2. The van der Waals surface area contributed by atoms with Gasteiger partial charge in [0.1, 0.15) is 28.4 Å². The molecule has 3 amide bonds. The van der Waals surface area contributed by atoms with Crippen molar-refractivity contribution in [2.24, 2.45) is 0 Å². The van der Waals surface area contributed by atoms with Crippen LogP contribution in [0.5, 0.6) is 5.75 Å². The molecule has 1 fully saturated rings. The van der Waals surface area contributed by atoms with Crippen molar-refractivity contribution < 1.29 is 28.3 Å². The molecule has 0 bridgehead atoms.